The van der Waals surface area contributed by atoms with E-state index in [1.165, 1.54) is 12.3 Å². The summed E-state index contributed by atoms with van der Waals surface area (Å²) >= 11 is 6.21. The Hall–Kier alpha value is -4.04. The molecule has 0 aliphatic rings. The second-order valence-electron chi connectivity index (χ2n) is 7.64. The summed E-state index contributed by atoms with van der Waals surface area (Å²) in [6, 6.07) is 14.9. The Labute approximate surface area is 194 Å². The van der Waals surface area contributed by atoms with Crippen molar-refractivity contribution in [2.75, 3.05) is 10.6 Å². The number of aromatic amines is 1. The third-order valence-electron chi connectivity index (χ3n) is 5.16. The Kier molecular flexibility index (Phi) is 5.35. The molecule has 0 radical (unpaired) electrons. The van der Waals surface area contributed by atoms with E-state index >= 15 is 4.39 Å². The standard InChI is InChI=1S/C24H19ClFN7/c1-13-7-21(19(26)10-17(13)16-9-15-5-3-4-6-20(15)27-11-16)29-24-28-12-18(25)23(31-24)30-22-8-14(2)32-33-22/h3-12H,1-2H3,(H3,28,29,30,31,32,33). The number of benzene rings is 2. The summed E-state index contributed by atoms with van der Waals surface area (Å²) in [6.07, 6.45) is 3.20. The zero-order valence-electron chi connectivity index (χ0n) is 17.8. The smallest absolute Gasteiger partial charge is 0.229 e. The molecule has 3 aromatic heterocycles. The van der Waals surface area contributed by atoms with E-state index in [0.29, 0.717) is 16.7 Å². The number of pyridine rings is 1. The summed E-state index contributed by atoms with van der Waals surface area (Å²) in [7, 11) is 0. The number of aromatic nitrogens is 5. The fraction of sp³-hybridized carbons (Fsp3) is 0.0833. The number of nitrogens with one attached hydrogen (secondary N) is 3. The Morgan fingerprint density at radius 2 is 1.82 bits per heavy atom. The fourth-order valence-corrected chi connectivity index (χ4v) is 3.68. The lowest BCUT2D eigenvalue weighted by molar-refractivity contribution is 0.631. The molecule has 0 bridgehead atoms. The van der Waals surface area contributed by atoms with Crippen LogP contribution in [0.3, 0.4) is 0 Å². The Morgan fingerprint density at radius 1 is 0.970 bits per heavy atom. The van der Waals surface area contributed by atoms with Crippen molar-refractivity contribution in [3.8, 4) is 11.1 Å². The molecule has 0 fully saturated rings. The maximum absolute atomic E-state index is 15.1. The van der Waals surface area contributed by atoms with Gasteiger partial charge in [-0.2, -0.15) is 10.1 Å². The molecule has 0 amide bonds. The van der Waals surface area contributed by atoms with Gasteiger partial charge < -0.3 is 10.6 Å². The van der Waals surface area contributed by atoms with E-state index in [1.807, 2.05) is 50.2 Å². The van der Waals surface area contributed by atoms with Gasteiger partial charge in [0.05, 0.1) is 17.4 Å². The monoisotopic (exact) mass is 459 g/mol. The van der Waals surface area contributed by atoms with E-state index < -0.39 is 5.82 Å². The molecule has 5 rings (SSSR count). The lowest BCUT2D eigenvalue weighted by Gasteiger charge is -2.13. The number of H-pyrrole nitrogens is 1. The minimum absolute atomic E-state index is 0.201. The maximum Gasteiger partial charge on any atom is 0.229 e. The van der Waals surface area contributed by atoms with E-state index in [0.717, 1.165) is 33.3 Å². The summed E-state index contributed by atoms with van der Waals surface area (Å²) < 4.78 is 15.1. The summed E-state index contributed by atoms with van der Waals surface area (Å²) in [5.74, 6) is 0.693. The van der Waals surface area contributed by atoms with Crippen molar-refractivity contribution in [1.29, 1.82) is 0 Å². The third-order valence-corrected chi connectivity index (χ3v) is 5.44. The number of anilines is 4. The topological polar surface area (TPSA) is 91.4 Å². The van der Waals surface area contributed by atoms with E-state index in [4.69, 9.17) is 11.6 Å². The molecular formula is C24H19ClFN7. The van der Waals surface area contributed by atoms with Crippen LogP contribution in [0.1, 0.15) is 11.3 Å². The molecule has 2 aromatic carbocycles. The van der Waals surface area contributed by atoms with Gasteiger partial charge >= 0.3 is 0 Å². The van der Waals surface area contributed by atoms with Crippen molar-refractivity contribution in [3.05, 3.63) is 83.0 Å². The van der Waals surface area contributed by atoms with Gasteiger partial charge in [-0.3, -0.25) is 10.1 Å². The van der Waals surface area contributed by atoms with Crippen LogP contribution in [0.4, 0.5) is 27.7 Å². The summed E-state index contributed by atoms with van der Waals surface area (Å²) in [5, 5.41) is 14.2. The number of hydrogen-bond donors (Lipinski definition) is 3. The van der Waals surface area contributed by atoms with Crippen LogP contribution in [0.25, 0.3) is 22.0 Å². The molecule has 9 heteroatoms. The Balaban J connectivity index is 1.43. The number of para-hydroxylation sites is 1. The highest BCUT2D eigenvalue weighted by Gasteiger charge is 2.13. The number of aryl methyl sites for hydroxylation is 2. The van der Waals surface area contributed by atoms with Crippen LogP contribution >= 0.6 is 11.6 Å². The minimum Gasteiger partial charge on any atom is -0.322 e. The first-order valence-electron chi connectivity index (χ1n) is 10.2. The van der Waals surface area contributed by atoms with E-state index in [1.54, 1.807) is 12.3 Å². The highest BCUT2D eigenvalue weighted by Crippen LogP contribution is 2.31. The average molecular weight is 460 g/mol. The second-order valence-corrected chi connectivity index (χ2v) is 8.05. The molecular weight excluding hydrogens is 441 g/mol. The van der Waals surface area contributed by atoms with Gasteiger partial charge in [0.2, 0.25) is 5.95 Å². The SMILES string of the molecule is Cc1cc(Nc2nc(Nc3cc(C)c(-c4cnc5ccccc5c4)cc3F)ncc2Cl)n[nH]1. The number of nitrogens with zero attached hydrogens (tertiary/aromatic N) is 4. The molecule has 164 valence electrons. The van der Waals surface area contributed by atoms with Gasteiger partial charge in [0.1, 0.15) is 10.8 Å². The second kappa shape index (κ2) is 8.48. The molecule has 5 aromatic rings. The highest BCUT2D eigenvalue weighted by atomic mass is 35.5. The zero-order chi connectivity index (χ0) is 22.9. The predicted molar refractivity (Wildman–Crippen MR) is 129 cm³/mol. The van der Waals surface area contributed by atoms with Gasteiger partial charge in [-0.15, -0.1) is 0 Å². The molecule has 0 spiro atoms. The first kappa shape index (κ1) is 20.8. The normalized spacial score (nSPS) is 11.0. The Bertz CT molecular complexity index is 1480. The summed E-state index contributed by atoms with van der Waals surface area (Å²) in [5.41, 5.74) is 4.54. The van der Waals surface area contributed by atoms with Crippen molar-refractivity contribution < 1.29 is 4.39 Å². The van der Waals surface area contributed by atoms with Crippen LogP contribution in [0.2, 0.25) is 5.02 Å². The van der Waals surface area contributed by atoms with Gasteiger partial charge in [0.25, 0.3) is 0 Å². The average Bonchev–Trinajstić information content (AvgIpc) is 3.22. The van der Waals surface area contributed by atoms with Crippen LogP contribution in [-0.2, 0) is 0 Å². The van der Waals surface area contributed by atoms with Crippen molar-refractivity contribution in [1.82, 2.24) is 25.1 Å². The molecule has 0 atom stereocenters. The van der Waals surface area contributed by atoms with Crippen LogP contribution in [0.15, 0.2) is 60.9 Å². The first-order chi connectivity index (χ1) is 16.0. The number of halogens is 2. The minimum atomic E-state index is -0.431. The van der Waals surface area contributed by atoms with Crippen LogP contribution in [-0.4, -0.2) is 25.1 Å². The van der Waals surface area contributed by atoms with Crippen molar-refractivity contribution in [2.24, 2.45) is 0 Å². The quantitative estimate of drug-likeness (QED) is 0.285. The van der Waals surface area contributed by atoms with Crippen molar-refractivity contribution in [3.63, 3.8) is 0 Å². The third kappa shape index (κ3) is 4.33. The molecule has 0 saturated heterocycles. The molecule has 0 unspecified atom stereocenters. The van der Waals surface area contributed by atoms with Gasteiger partial charge in [-0.05, 0) is 49.2 Å². The number of fused-ring (bicyclic) bond motifs is 1. The number of hydrogen-bond acceptors (Lipinski definition) is 6. The lowest BCUT2D eigenvalue weighted by atomic mass is 9.99. The Morgan fingerprint density at radius 3 is 2.64 bits per heavy atom. The maximum atomic E-state index is 15.1. The molecule has 33 heavy (non-hydrogen) atoms. The van der Waals surface area contributed by atoms with Crippen LogP contribution in [0, 0.1) is 19.7 Å². The lowest BCUT2D eigenvalue weighted by Crippen LogP contribution is -2.03. The van der Waals surface area contributed by atoms with E-state index in [-0.39, 0.29) is 11.6 Å². The largest absolute Gasteiger partial charge is 0.322 e. The number of rotatable bonds is 5. The summed E-state index contributed by atoms with van der Waals surface area (Å²) in [4.78, 5) is 13.0. The first-order valence-corrected chi connectivity index (χ1v) is 10.6. The van der Waals surface area contributed by atoms with Crippen molar-refractivity contribution >= 4 is 45.8 Å². The van der Waals surface area contributed by atoms with Gasteiger partial charge in [-0.1, -0.05) is 29.8 Å². The molecule has 0 saturated carbocycles. The van der Waals surface area contributed by atoms with Crippen LogP contribution < -0.4 is 10.6 Å². The van der Waals surface area contributed by atoms with Gasteiger partial charge in [0, 0.05) is 28.9 Å². The van der Waals surface area contributed by atoms with Crippen molar-refractivity contribution in [2.45, 2.75) is 13.8 Å². The highest BCUT2D eigenvalue weighted by molar-refractivity contribution is 6.32. The van der Waals surface area contributed by atoms with E-state index in [2.05, 4.69) is 35.8 Å². The fourth-order valence-electron chi connectivity index (χ4n) is 3.55. The molecule has 3 heterocycles. The molecule has 7 nitrogen and oxygen atoms in total. The molecule has 3 N–H and O–H groups in total. The van der Waals surface area contributed by atoms with E-state index in [9.17, 15) is 0 Å². The predicted octanol–water partition coefficient (Wildman–Crippen LogP) is 6.31. The van der Waals surface area contributed by atoms with Gasteiger partial charge in [-0.25, -0.2) is 9.37 Å². The molecule has 0 aliphatic carbocycles. The zero-order valence-corrected chi connectivity index (χ0v) is 18.6. The van der Waals surface area contributed by atoms with Gasteiger partial charge in [0.15, 0.2) is 11.6 Å². The van der Waals surface area contributed by atoms with Crippen LogP contribution in [0.5, 0.6) is 0 Å². The summed E-state index contributed by atoms with van der Waals surface area (Å²) in [6.45, 7) is 3.81. The molecule has 0 aliphatic heterocycles.